The third-order valence-electron chi connectivity index (χ3n) is 3.33. The number of nitrogens with two attached hydrogens (primary N) is 1. The summed E-state index contributed by atoms with van der Waals surface area (Å²) in [6, 6.07) is 4.35. The molecule has 0 saturated heterocycles. The smallest absolute Gasteiger partial charge is 0.122 e. The van der Waals surface area contributed by atoms with E-state index in [9.17, 15) is 0 Å². The second-order valence-electron chi connectivity index (χ2n) is 5.24. The van der Waals surface area contributed by atoms with E-state index in [-0.39, 0.29) is 0 Å². The summed E-state index contributed by atoms with van der Waals surface area (Å²) < 4.78 is 5.49. The van der Waals surface area contributed by atoms with E-state index >= 15 is 0 Å². The van der Waals surface area contributed by atoms with E-state index in [4.69, 9.17) is 10.5 Å². The summed E-state index contributed by atoms with van der Waals surface area (Å²) in [6.45, 7) is 9.40. The van der Waals surface area contributed by atoms with Gasteiger partial charge in [-0.25, -0.2) is 0 Å². The van der Waals surface area contributed by atoms with Gasteiger partial charge in [-0.05, 0) is 55.5 Å². The summed E-state index contributed by atoms with van der Waals surface area (Å²) >= 11 is 0. The number of aryl methyl sites for hydroxylation is 2. The highest BCUT2D eigenvalue weighted by Gasteiger charge is 2.17. The highest BCUT2D eigenvalue weighted by atomic mass is 16.5. The Kier molecular flexibility index (Phi) is 5.01. The van der Waals surface area contributed by atoms with Gasteiger partial charge in [-0.3, -0.25) is 0 Å². The first-order valence-electron chi connectivity index (χ1n) is 6.34. The molecule has 0 amide bonds. The average molecular weight is 235 g/mol. The van der Waals surface area contributed by atoms with Gasteiger partial charge in [-0.15, -0.1) is 0 Å². The summed E-state index contributed by atoms with van der Waals surface area (Å²) in [5, 5.41) is 0. The van der Waals surface area contributed by atoms with E-state index in [1.165, 1.54) is 16.7 Å². The molecule has 1 unspecified atom stereocenters. The Balaban J connectivity index is 3.12. The van der Waals surface area contributed by atoms with Crippen LogP contribution in [-0.4, -0.2) is 13.7 Å². The molecule has 0 saturated carbocycles. The van der Waals surface area contributed by atoms with Gasteiger partial charge in [-0.1, -0.05) is 19.9 Å². The van der Waals surface area contributed by atoms with Gasteiger partial charge < -0.3 is 10.5 Å². The van der Waals surface area contributed by atoms with Crippen molar-refractivity contribution in [1.29, 1.82) is 0 Å². The molecule has 1 atom stereocenters. The van der Waals surface area contributed by atoms with E-state index < -0.39 is 0 Å². The summed E-state index contributed by atoms with van der Waals surface area (Å²) in [4.78, 5) is 0. The Bertz CT molecular complexity index is 371. The minimum Gasteiger partial charge on any atom is -0.496 e. The largest absolute Gasteiger partial charge is 0.496 e. The van der Waals surface area contributed by atoms with Crippen LogP contribution in [0.1, 0.15) is 42.9 Å². The van der Waals surface area contributed by atoms with Crippen LogP contribution in [0.3, 0.4) is 0 Å². The zero-order valence-electron chi connectivity index (χ0n) is 11.7. The summed E-state index contributed by atoms with van der Waals surface area (Å²) in [6.07, 6.45) is 1.11. The van der Waals surface area contributed by atoms with Crippen molar-refractivity contribution >= 4 is 0 Å². The Morgan fingerprint density at radius 3 is 2.24 bits per heavy atom. The second kappa shape index (κ2) is 6.06. The number of hydrogen-bond donors (Lipinski definition) is 1. The van der Waals surface area contributed by atoms with Crippen molar-refractivity contribution in [2.45, 2.75) is 40.0 Å². The molecular formula is C15H25NO. The third-order valence-corrected chi connectivity index (χ3v) is 3.33. The van der Waals surface area contributed by atoms with Crippen LogP contribution < -0.4 is 10.5 Å². The summed E-state index contributed by atoms with van der Waals surface area (Å²) in [7, 11) is 1.73. The zero-order valence-corrected chi connectivity index (χ0v) is 11.7. The molecule has 17 heavy (non-hydrogen) atoms. The Labute approximate surface area is 105 Å². The van der Waals surface area contributed by atoms with E-state index in [0.717, 1.165) is 12.2 Å². The number of benzene rings is 1. The molecule has 2 heteroatoms. The van der Waals surface area contributed by atoms with Crippen LogP contribution in [0.15, 0.2) is 12.1 Å². The van der Waals surface area contributed by atoms with Crippen LogP contribution in [0.25, 0.3) is 0 Å². The maximum Gasteiger partial charge on any atom is 0.122 e. The maximum atomic E-state index is 5.91. The molecule has 0 fully saturated rings. The standard InChI is InChI=1S/C15H25NO/c1-10(2)6-13(9-16)14-7-11(3)12(4)8-15(14)17-5/h7-8,10,13H,6,9,16H2,1-5H3. The van der Waals surface area contributed by atoms with Crippen LogP contribution in [0, 0.1) is 19.8 Å². The van der Waals surface area contributed by atoms with Crippen LogP contribution >= 0.6 is 0 Å². The highest BCUT2D eigenvalue weighted by molar-refractivity contribution is 5.43. The number of methoxy groups -OCH3 is 1. The normalized spacial score (nSPS) is 12.9. The summed E-state index contributed by atoms with van der Waals surface area (Å²) in [5.41, 5.74) is 9.74. The number of hydrogen-bond acceptors (Lipinski definition) is 2. The molecule has 0 spiro atoms. The van der Waals surface area contributed by atoms with Crippen molar-refractivity contribution in [2.75, 3.05) is 13.7 Å². The van der Waals surface area contributed by atoms with E-state index in [1.807, 2.05) is 0 Å². The third kappa shape index (κ3) is 3.47. The zero-order chi connectivity index (χ0) is 13.0. The lowest BCUT2D eigenvalue weighted by molar-refractivity contribution is 0.398. The van der Waals surface area contributed by atoms with Crippen molar-refractivity contribution in [3.8, 4) is 5.75 Å². The van der Waals surface area contributed by atoms with E-state index in [0.29, 0.717) is 18.4 Å². The molecule has 0 radical (unpaired) electrons. The molecular weight excluding hydrogens is 210 g/mol. The fourth-order valence-electron chi connectivity index (χ4n) is 2.23. The Hall–Kier alpha value is -1.02. The minimum atomic E-state index is 0.393. The van der Waals surface area contributed by atoms with Crippen LogP contribution in [-0.2, 0) is 0 Å². The average Bonchev–Trinajstić information content (AvgIpc) is 2.28. The quantitative estimate of drug-likeness (QED) is 0.849. The lowest BCUT2D eigenvalue weighted by atomic mass is 9.88. The van der Waals surface area contributed by atoms with Gasteiger partial charge in [0.05, 0.1) is 7.11 Å². The van der Waals surface area contributed by atoms with Crippen molar-refractivity contribution in [3.63, 3.8) is 0 Å². The molecule has 0 aromatic heterocycles. The number of ether oxygens (including phenoxy) is 1. The molecule has 0 aliphatic carbocycles. The predicted molar refractivity (Wildman–Crippen MR) is 73.7 cm³/mol. The van der Waals surface area contributed by atoms with E-state index in [2.05, 4.69) is 39.8 Å². The van der Waals surface area contributed by atoms with Crippen molar-refractivity contribution < 1.29 is 4.74 Å². The van der Waals surface area contributed by atoms with Gasteiger partial charge in [0.25, 0.3) is 0 Å². The molecule has 1 aromatic carbocycles. The molecule has 0 aliphatic heterocycles. The van der Waals surface area contributed by atoms with Gasteiger partial charge >= 0.3 is 0 Å². The van der Waals surface area contributed by atoms with Crippen molar-refractivity contribution in [2.24, 2.45) is 11.7 Å². The minimum absolute atomic E-state index is 0.393. The highest BCUT2D eigenvalue weighted by Crippen LogP contribution is 2.32. The Morgan fingerprint density at radius 2 is 1.76 bits per heavy atom. The van der Waals surface area contributed by atoms with Gasteiger partial charge in [0.2, 0.25) is 0 Å². The van der Waals surface area contributed by atoms with Gasteiger partial charge in [0, 0.05) is 5.92 Å². The lowest BCUT2D eigenvalue weighted by Gasteiger charge is -2.21. The fraction of sp³-hybridized carbons (Fsp3) is 0.600. The first-order chi connectivity index (χ1) is 7.99. The fourth-order valence-corrected chi connectivity index (χ4v) is 2.23. The van der Waals surface area contributed by atoms with Gasteiger partial charge in [0.15, 0.2) is 0 Å². The van der Waals surface area contributed by atoms with Gasteiger partial charge in [-0.2, -0.15) is 0 Å². The first kappa shape index (κ1) is 14.0. The molecule has 0 heterocycles. The van der Waals surface area contributed by atoms with Crippen LogP contribution in [0.5, 0.6) is 5.75 Å². The first-order valence-corrected chi connectivity index (χ1v) is 6.34. The molecule has 0 bridgehead atoms. The van der Waals surface area contributed by atoms with Crippen LogP contribution in [0.2, 0.25) is 0 Å². The maximum absolute atomic E-state index is 5.91. The molecule has 2 N–H and O–H groups in total. The lowest BCUT2D eigenvalue weighted by Crippen LogP contribution is -2.16. The van der Waals surface area contributed by atoms with Crippen molar-refractivity contribution in [1.82, 2.24) is 0 Å². The topological polar surface area (TPSA) is 35.2 Å². The second-order valence-corrected chi connectivity index (χ2v) is 5.24. The molecule has 2 nitrogen and oxygen atoms in total. The molecule has 1 rings (SSSR count). The predicted octanol–water partition coefficient (Wildman–Crippen LogP) is 3.40. The number of rotatable bonds is 5. The van der Waals surface area contributed by atoms with Crippen LogP contribution in [0.4, 0.5) is 0 Å². The Morgan fingerprint density at radius 1 is 1.18 bits per heavy atom. The molecule has 0 aliphatic rings. The SMILES string of the molecule is COc1cc(C)c(C)cc1C(CN)CC(C)C. The summed E-state index contributed by atoms with van der Waals surface area (Å²) in [5.74, 6) is 2.02. The molecule has 96 valence electrons. The van der Waals surface area contributed by atoms with E-state index in [1.54, 1.807) is 7.11 Å². The monoisotopic (exact) mass is 235 g/mol. The van der Waals surface area contributed by atoms with Gasteiger partial charge in [0.1, 0.15) is 5.75 Å². The van der Waals surface area contributed by atoms with Crippen molar-refractivity contribution in [3.05, 3.63) is 28.8 Å². The molecule has 1 aromatic rings.